The molecule has 4 rings (SSSR count). The topological polar surface area (TPSA) is 90.1 Å². The predicted molar refractivity (Wildman–Crippen MR) is 119 cm³/mol. The highest BCUT2D eigenvalue weighted by atomic mass is 16.6. The van der Waals surface area contributed by atoms with E-state index in [-0.39, 0.29) is 11.2 Å². The van der Waals surface area contributed by atoms with Gasteiger partial charge in [-0.15, -0.1) is 0 Å². The van der Waals surface area contributed by atoms with Gasteiger partial charge in [-0.2, -0.15) is 0 Å². The molecule has 0 aliphatic heterocycles. The van der Waals surface area contributed by atoms with Crippen LogP contribution in [0, 0.1) is 10.1 Å². The van der Waals surface area contributed by atoms with E-state index in [1.807, 2.05) is 36.4 Å². The molecule has 7 heteroatoms. The van der Waals surface area contributed by atoms with Gasteiger partial charge in [-0.3, -0.25) is 19.5 Å². The highest BCUT2D eigenvalue weighted by Gasteiger charge is 2.13. The smallest absolute Gasteiger partial charge is 0.292 e. The first-order chi connectivity index (χ1) is 14.6. The molecule has 1 aromatic heterocycles. The summed E-state index contributed by atoms with van der Waals surface area (Å²) in [6.07, 6.45) is 3.40. The molecule has 0 radical (unpaired) electrons. The van der Waals surface area contributed by atoms with Crippen molar-refractivity contribution in [3.8, 4) is 5.69 Å². The standard InChI is InChI=1S/C23H18N4O3/c1-24-20-13-11-16(15-21(20)27(29)30)12-14-22-25-19-10-6-5-9-18(19)23(28)26(22)17-7-3-2-4-8-17/h2-15,24H,1H3. The molecule has 30 heavy (non-hydrogen) atoms. The van der Waals surface area contributed by atoms with Gasteiger partial charge >= 0.3 is 0 Å². The quantitative estimate of drug-likeness (QED) is 0.395. The van der Waals surface area contributed by atoms with Crippen molar-refractivity contribution in [2.24, 2.45) is 0 Å². The second-order valence-corrected chi connectivity index (χ2v) is 6.58. The minimum Gasteiger partial charge on any atom is -0.383 e. The van der Waals surface area contributed by atoms with Crippen LogP contribution in [0.2, 0.25) is 0 Å². The van der Waals surface area contributed by atoms with Crippen LogP contribution in [-0.2, 0) is 0 Å². The molecule has 0 fully saturated rings. The lowest BCUT2D eigenvalue weighted by Gasteiger charge is -2.11. The zero-order valence-corrected chi connectivity index (χ0v) is 16.1. The molecule has 0 saturated heterocycles. The molecule has 1 heterocycles. The zero-order valence-electron chi connectivity index (χ0n) is 16.1. The Kier molecular flexibility index (Phi) is 5.09. The summed E-state index contributed by atoms with van der Waals surface area (Å²) in [5, 5.41) is 14.7. The number of aromatic nitrogens is 2. The number of nitrogens with one attached hydrogen (secondary N) is 1. The number of para-hydroxylation sites is 2. The number of nitrogens with zero attached hydrogens (tertiary/aromatic N) is 3. The van der Waals surface area contributed by atoms with Gasteiger partial charge in [-0.25, -0.2) is 4.98 Å². The van der Waals surface area contributed by atoms with Crippen LogP contribution >= 0.6 is 0 Å². The molecular formula is C23H18N4O3. The lowest BCUT2D eigenvalue weighted by atomic mass is 10.1. The van der Waals surface area contributed by atoms with E-state index in [0.29, 0.717) is 33.7 Å². The van der Waals surface area contributed by atoms with Gasteiger partial charge < -0.3 is 5.32 Å². The first kappa shape index (κ1) is 19.1. The zero-order chi connectivity index (χ0) is 21.1. The fourth-order valence-electron chi connectivity index (χ4n) is 3.27. The summed E-state index contributed by atoms with van der Waals surface area (Å²) in [6.45, 7) is 0. The molecule has 0 amide bonds. The van der Waals surface area contributed by atoms with E-state index >= 15 is 0 Å². The van der Waals surface area contributed by atoms with Crippen LogP contribution in [0.4, 0.5) is 11.4 Å². The Labute approximate surface area is 172 Å². The summed E-state index contributed by atoms with van der Waals surface area (Å²) < 4.78 is 1.54. The number of fused-ring (bicyclic) bond motifs is 1. The lowest BCUT2D eigenvalue weighted by molar-refractivity contribution is -0.383. The summed E-state index contributed by atoms with van der Waals surface area (Å²) in [7, 11) is 1.63. The first-order valence-electron chi connectivity index (χ1n) is 9.30. The van der Waals surface area contributed by atoms with E-state index in [1.165, 1.54) is 10.6 Å². The average Bonchev–Trinajstić information content (AvgIpc) is 2.78. The molecule has 0 aliphatic rings. The molecule has 148 valence electrons. The Hall–Kier alpha value is -4.26. The Morgan fingerprint density at radius 2 is 1.73 bits per heavy atom. The number of hydrogen-bond acceptors (Lipinski definition) is 5. The minimum absolute atomic E-state index is 0.0217. The molecule has 4 aromatic rings. The monoisotopic (exact) mass is 398 g/mol. The molecule has 3 aromatic carbocycles. The van der Waals surface area contributed by atoms with Crippen LogP contribution in [0.3, 0.4) is 0 Å². The largest absolute Gasteiger partial charge is 0.383 e. The number of nitro benzene ring substituents is 1. The third-order valence-corrected chi connectivity index (χ3v) is 4.73. The van der Waals surface area contributed by atoms with E-state index in [0.717, 1.165) is 0 Å². The normalized spacial score (nSPS) is 11.1. The van der Waals surface area contributed by atoms with Crippen molar-refractivity contribution in [3.63, 3.8) is 0 Å². The highest BCUT2D eigenvalue weighted by molar-refractivity contribution is 5.80. The highest BCUT2D eigenvalue weighted by Crippen LogP contribution is 2.26. The van der Waals surface area contributed by atoms with Crippen molar-refractivity contribution < 1.29 is 4.92 Å². The number of nitro groups is 1. The first-order valence-corrected chi connectivity index (χ1v) is 9.30. The molecule has 0 unspecified atom stereocenters. The number of hydrogen-bond donors (Lipinski definition) is 1. The fourth-order valence-corrected chi connectivity index (χ4v) is 3.27. The molecule has 0 aliphatic carbocycles. The Balaban J connectivity index is 1.88. The van der Waals surface area contributed by atoms with Gasteiger partial charge in [0.2, 0.25) is 0 Å². The summed E-state index contributed by atoms with van der Waals surface area (Å²) in [5.41, 5.74) is 2.14. The van der Waals surface area contributed by atoms with E-state index in [2.05, 4.69) is 10.3 Å². The van der Waals surface area contributed by atoms with Crippen LogP contribution in [0.25, 0.3) is 28.7 Å². The Bertz CT molecular complexity index is 1330. The van der Waals surface area contributed by atoms with Crippen LogP contribution in [0.1, 0.15) is 11.4 Å². The van der Waals surface area contributed by atoms with Crippen molar-refractivity contribution in [1.29, 1.82) is 0 Å². The third kappa shape index (κ3) is 3.56. The second-order valence-electron chi connectivity index (χ2n) is 6.58. The molecular weight excluding hydrogens is 380 g/mol. The van der Waals surface area contributed by atoms with Gasteiger partial charge in [0, 0.05) is 13.1 Å². The Morgan fingerprint density at radius 3 is 2.47 bits per heavy atom. The van der Waals surface area contributed by atoms with Gasteiger partial charge in [0.25, 0.3) is 11.2 Å². The molecule has 1 N–H and O–H groups in total. The maximum absolute atomic E-state index is 13.2. The van der Waals surface area contributed by atoms with E-state index in [1.54, 1.807) is 49.5 Å². The van der Waals surface area contributed by atoms with E-state index in [4.69, 9.17) is 0 Å². The lowest BCUT2D eigenvalue weighted by Crippen LogP contribution is -2.22. The fraction of sp³-hybridized carbons (Fsp3) is 0.0435. The summed E-state index contributed by atoms with van der Waals surface area (Å²) in [4.78, 5) is 28.7. The molecule has 7 nitrogen and oxygen atoms in total. The number of anilines is 1. The molecule has 0 atom stereocenters. The third-order valence-electron chi connectivity index (χ3n) is 4.73. The van der Waals surface area contributed by atoms with Crippen molar-refractivity contribution in [1.82, 2.24) is 9.55 Å². The van der Waals surface area contributed by atoms with Crippen LogP contribution in [0.15, 0.2) is 77.6 Å². The number of benzene rings is 3. The van der Waals surface area contributed by atoms with Crippen molar-refractivity contribution in [2.45, 2.75) is 0 Å². The van der Waals surface area contributed by atoms with Gasteiger partial charge in [0.05, 0.1) is 21.5 Å². The summed E-state index contributed by atoms with van der Waals surface area (Å²) >= 11 is 0. The number of rotatable bonds is 5. The summed E-state index contributed by atoms with van der Waals surface area (Å²) in [5.74, 6) is 0.435. The molecule has 0 spiro atoms. The van der Waals surface area contributed by atoms with Gasteiger partial charge in [-0.1, -0.05) is 42.5 Å². The van der Waals surface area contributed by atoms with Gasteiger partial charge in [0.15, 0.2) is 0 Å². The van der Waals surface area contributed by atoms with Crippen molar-refractivity contribution >= 4 is 34.4 Å². The average molecular weight is 398 g/mol. The van der Waals surface area contributed by atoms with Crippen molar-refractivity contribution in [2.75, 3.05) is 12.4 Å². The van der Waals surface area contributed by atoms with E-state index in [9.17, 15) is 14.9 Å². The van der Waals surface area contributed by atoms with Crippen LogP contribution in [-0.4, -0.2) is 21.5 Å². The molecule has 0 bridgehead atoms. The van der Waals surface area contributed by atoms with Crippen molar-refractivity contribution in [3.05, 3.63) is 105 Å². The van der Waals surface area contributed by atoms with Crippen LogP contribution in [0.5, 0.6) is 0 Å². The maximum atomic E-state index is 13.2. The summed E-state index contributed by atoms with van der Waals surface area (Å²) in [6, 6.07) is 21.3. The van der Waals surface area contributed by atoms with E-state index < -0.39 is 4.92 Å². The maximum Gasteiger partial charge on any atom is 0.292 e. The van der Waals surface area contributed by atoms with Gasteiger partial charge in [-0.05, 0) is 42.0 Å². The van der Waals surface area contributed by atoms with Crippen LogP contribution < -0.4 is 10.9 Å². The second kappa shape index (κ2) is 8.00. The predicted octanol–water partition coefficient (Wildman–Crippen LogP) is 4.51. The van der Waals surface area contributed by atoms with Gasteiger partial charge in [0.1, 0.15) is 11.5 Å². The SMILES string of the molecule is CNc1ccc(C=Cc2nc3ccccc3c(=O)n2-c2ccccc2)cc1[N+](=O)[O-]. The molecule has 0 saturated carbocycles. The minimum atomic E-state index is -0.433. The Morgan fingerprint density at radius 1 is 1.00 bits per heavy atom.